The molecule has 2 heterocycles. The van der Waals surface area contributed by atoms with Crippen LogP contribution in [-0.4, -0.2) is 28.9 Å². The van der Waals surface area contributed by atoms with Crippen LogP contribution in [-0.2, 0) is 13.1 Å². The van der Waals surface area contributed by atoms with Gasteiger partial charge in [0, 0.05) is 44.0 Å². The van der Waals surface area contributed by atoms with E-state index in [1.807, 2.05) is 62.4 Å². The molecule has 0 spiro atoms. The Morgan fingerprint density at radius 1 is 1.12 bits per heavy atom. The smallest absolute Gasteiger partial charge is 0.137 e. The average molecular weight is 390 g/mol. The molecule has 0 aliphatic heterocycles. The summed E-state index contributed by atoms with van der Waals surface area (Å²) in [5.41, 5.74) is 3.83. The van der Waals surface area contributed by atoms with E-state index in [1.165, 1.54) is 0 Å². The summed E-state index contributed by atoms with van der Waals surface area (Å²) in [6.07, 6.45) is 1.88. The lowest BCUT2D eigenvalue weighted by molar-refractivity contribution is 0.689. The summed E-state index contributed by atoms with van der Waals surface area (Å²) in [6, 6.07) is 11.6. The van der Waals surface area contributed by atoms with E-state index < -0.39 is 0 Å². The van der Waals surface area contributed by atoms with E-state index in [2.05, 4.69) is 21.5 Å². The summed E-state index contributed by atoms with van der Waals surface area (Å²) in [7, 11) is 3.95. The van der Waals surface area contributed by atoms with Crippen molar-refractivity contribution in [3.05, 3.63) is 69.6 Å². The van der Waals surface area contributed by atoms with E-state index in [-0.39, 0.29) is 0 Å². The number of halogens is 2. The first-order valence-corrected chi connectivity index (χ1v) is 9.04. The highest BCUT2D eigenvalue weighted by molar-refractivity contribution is 6.31. The molecule has 5 nitrogen and oxygen atoms in total. The number of hydrogen-bond acceptors (Lipinski definition) is 4. The van der Waals surface area contributed by atoms with Crippen molar-refractivity contribution in [1.29, 1.82) is 0 Å². The number of aryl methyl sites for hydroxylation is 1. The molecule has 1 aromatic carbocycles. The quantitative estimate of drug-likeness (QED) is 0.684. The highest BCUT2D eigenvalue weighted by atomic mass is 35.5. The third kappa shape index (κ3) is 4.18. The Labute approximate surface area is 163 Å². The molecule has 0 radical (unpaired) electrons. The van der Waals surface area contributed by atoms with Gasteiger partial charge in [0.25, 0.3) is 0 Å². The lowest BCUT2D eigenvalue weighted by atomic mass is 10.2. The maximum atomic E-state index is 6.55. The van der Waals surface area contributed by atoms with Crippen LogP contribution in [0, 0.1) is 6.92 Å². The van der Waals surface area contributed by atoms with Crippen LogP contribution in [0.3, 0.4) is 0 Å². The number of benzene rings is 1. The third-order valence-corrected chi connectivity index (χ3v) is 4.70. The standard InChI is InChI=1S/C19H21Cl2N5/c1-13-17(12-22-10-14-7-8-18(23-11-14)25(2)3)19(21)26(24-13)16-6-4-5-15(20)9-16/h4-9,11,22H,10,12H2,1-3H3. The van der Waals surface area contributed by atoms with Gasteiger partial charge in [0.05, 0.1) is 11.4 Å². The number of anilines is 1. The van der Waals surface area contributed by atoms with E-state index >= 15 is 0 Å². The number of aromatic nitrogens is 3. The van der Waals surface area contributed by atoms with Gasteiger partial charge in [-0.15, -0.1) is 0 Å². The van der Waals surface area contributed by atoms with Crippen molar-refractivity contribution in [2.24, 2.45) is 0 Å². The van der Waals surface area contributed by atoms with Crippen LogP contribution in [0.2, 0.25) is 10.2 Å². The molecule has 0 atom stereocenters. The predicted molar refractivity (Wildman–Crippen MR) is 107 cm³/mol. The SMILES string of the molecule is Cc1nn(-c2cccc(Cl)c2)c(Cl)c1CNCc1ccc(N(C)C)nc1. The van der Waals surface area contributed by atoms with Crippen LogP contribution < -0.4 is 10.2 Å². The molecule has 136 valence electrons. The molecule has 0 fully saturated rings. The molecule has 26 heavy (non-hydrogen) atoms. The highest BCUT2D eigenvalue weighted by Crippen LogP contribution is 2.25. The summed E-state index contributed by atoms with van der Waals surface area (Å²) < 4.78 is 1.72. The summed E-state index contributed by atoms with van der Waals surface area (Å²) in [6.45, 7) is 3.29. The zero-order valence-electron chi connectivity index (χ0n) is 15.0. The third-order valence-electron chi connectivity index (χ3n) is 4.07. The van der Waals surface area contributed by atoms with Crippen molar-refractivity contribution in [3.63, 3.8) is 0 Å². The largest absolute Gasteiger partial charge is 0.363 e. The van der Waals surface area contributed by atoms with Crippen molar-refractivity contribution in [1.82, 2.24) is 20.1 Å². The second-order valence-electron chi connectivity index (χ2n) is 6.27. The Balaban J connectivity index is 1.69. The number of pyridine rings is 1. The molecule has 0 amide bonds. The van der Waals surface area contributed by atoms with Gasteiger partial charge in [-0.05, 0) is 36.8 Å². The number of nitrogens with zero attached hydrogens (tertiary/aromatic N) is 4. The summed E-state index contributed by atoms with van der Waals surface area (Å²) >= 11 is 12.6. The van der Waals surface area contributed by atoms with Crippen LogP contribution >= 0.6 is 23.2 Å². The minimum atomic E-state index is 0.596. The average Bonchev–Trinajstić information content (AvgIpc) is 2.90. The Kier molecular flexibility index (Phi) is 5.81. The molecule has 7 heteroatoms. The summed E-state index contributed by atoms with van der Waals surface area (Å²) in [5, 5.41) is 9.20. The van der Waals surface area contributed by atoms with Crippen molar-refractivity contribution < 1.29 is 0 Å². The Hall–Kier alpha value is -2.08. The molecule has 0 bridgehead atoms. The van der Waals surface area contributed by atoms with Crippen LogP contribution in [0.1, 0.15) is 16.8 Å². The molecule has 0 unspecified atom stereocenters. The Bertz CT molecular complexity index is 887. The van der Waals surface area contributed by atoms with Gasteiger partial charge in [-0.1, -0.05) is 35.3 Å². The normalized spacial score (nSPS) is 11.0. The van der Waals surface area contributed by atoms with Crippen molar-refractivity contribution >= 4 is 29.0 Å². The van der Waals surface area contributed by atoms with Crippen molar-refractivity contribution in [2.45, 2.75) is 20.0 Å². The first-order chi connectivity index (χ1) is 12.5. The topological polar surface area (TPSA) is 46.0 Å². The lowest BCUT2D eigenvalue weighted by Gasteiger charge is -2.11. The number of hydrogen-bond donors (Lipinski definition) is 1. The number of rotatable bonds is 6. The minimum Gasteiger partial charge on any atom is -0.363 e. The molecule has 0 saturated heterocycles. The van der Waals surface area contributed by atoms with E-state index in [9.17, 15) is 0 Å². The van der Waals surface area contributed by atoms with Gasteiger partial charge in [-0.25, -0.2) is 9.67 Å². The van der Waals surface area contributed by atoms with Crippen LogP contribution in [0.4, 0.5) is 5.82 Å². The first-order valence-electron chi connectivity index (χ1n) is 8.28. The van der Waals surface area contributed by atoms with Crippen LogP contribution in [0.5, 0.6) is 0 Å². The van der Waals surface area contributed by atoms with E-state index in [1.54, 1.807) is 4.68 Å². The first kappa shape index (κ1) is 18.7. The highest BCUT2D eigenvalue weighted by Gasteiger charge is 2.14. The molecule has 0 aliphatic carbocycles. The lowest BCUT2D eigenvalue weighted by Crippen LogP contribution is -2.14. The van der Waals surface area contributed by atoms with Crippen molar-refractivity contribution in [2.75, 3.05) is 19.0 Å². The van der Waals surface area contributed by atoms with Gasteiger partial charge >= 0.3 is 0 Å². The minimum absolute atomic E-state index is 0.596. The molecular formula is C19H21Cl2N5. The van der Waals surface area contributed by atoms with Gasteiger partial charge in [0.2, 0.25) is 0 Å². The van der Waals surface area contributed by atoms with Crippen LogP contribution in [0.25, 0.3) is 5.69 Å². The fourth-order valence-electron chi connectivity index (χ4n) is 2.63. The maximum Gasteiger partial charge on any atom is 0.137 e. The second-order valence-corrected chi connectivity index (χ2v) is 7.06. The molecule has 3 rings (SSSR count). The molecule has 2 aromatic heterocycles. The molecular weight excluding hydrogens is 369 g/mol. The Morgan fingerprint density at radius 3 is 2.58 bits per heavy atom. The van der Waals surface area contributed by atoms with Crippen molar-refractivity contribution in [3.8, 4) is 5.69 Å². The Morgan fingerprint density at radius 2 is 1.92 bits per heavy atom. The molecule has 0 saturated carbocycles. The molecule has 0 aliphatic rings. The van der Waals surface area contributed by atoms with Gasteiger partial charge in [0.15, 0.2) is 0 Å². The summed E-state index contributed by atoms with van der Waals surface area (Å²) in [4.78, 5) is 6.40. The monoisotopic (exact) mass is 389 g/mol. The molecule has 1 N–H and O–H groups in total. The zero-order valence-corrected chi connectivity index (χ0v) is 16.5. The van der Waals surface area contributed by atoms with Crippen LogP contribution in [0.15, 0.2) is 42.6 Å². The maximum absolute atomic E-state index is 6.55. The van der Waals surface area contributed by atoms with E-state index in [4.69, 9.17) is 23.2 Å². The van der Waals surface area contributed by atoms with Gasteiger partial charge in [0.1, 0.15) is 11.0 Å². The number of nitrogens with one attached hydrogen (secondary N) is 1. The van der Waals surface area contributed by atoms with Gasteiger partial charge in [-0.3, -0.25) is 0 Å². The van der Waals surface area contributed by atoms with E-state index in [0.717, 1.165) is 28.3 Å². The second kappa shape index (κ2) is 8.08. The summed E-state index contributed by atoms with van der Waals surface area (Å²) in [5.74, 6) is 0.940. The van der Waals surface area contributed by atoms with Gasteiger partial charge < -0.3 is 10.2 Å². The fraction of sp³-hybridized carbons (Fsp3) is 0.263. The predicted octanol–water partition coefficient (Wildman–Crippen LogP) is 4.24. The van der Waals surface area contributed by atoms with Gasteiger partial charge in [-0.2, -0.15) is 5.10 Å². The zero-order chi connectivity index (χ0) is 18.7. The molecule has 3 aromatic rings. The van der Waals surface area contributed by atoms with E-state index in [0.29, 0.717) is 23.3 Å². The fourth-order valence-corrected chi connectivity index (χ4v) is 3.15.